The maximum absolute atomic E-state index is 12.6. The monoisotopic (exact) mass is 382 g/mol. The lowest BCUT2D eigenvalue weighted by Gasteiger charge is -2.13. The number of hydrogen-bond donors (Lipinski definition) is 1. The van der Waals surface area contributed by atoms with E-state index >= 15 is 0 Å². The number of carbonyl (C=O) groups excluding carboxylic acids is 2. The van der Waals surface area contributed by atoms with Crippen LogP contribution >= 0.6 is 0 Å². The summed E-state index contributed by atoms with van der Waals surface area (Å²) in [5.41, 5.74) is 0.887. The Morgan fingerprint density at radius 2 is 1.93 bits per heavy atom. The fourth-order valence-corrected chi connectivity index (χ4v) is 2.55. The number of nitrogens with one attached hydrogen (secondary N) is 1. The quantitative estimate of drug-likeness (QED) is 0.675. The van der Waals surface area contributed by atoms with Crippen LogP contribution in [0.4, 0.5) is 5.69 Å². The van der Waals surface area contributed by atoms with Gasteiger partial charge in [-0.1, -0.05) is 18.2 Å². The first-order chi connectivity index (χ1) is 13.5. The minimum absolute atomic E-state index is 0.176. The molecular formula is C19H22N6O3. The van der Waals surface area contributed by atoms with Crippen molar-refractivity contribution in [3.8, 4) is 5.75 Å². The van der Waals surface area contributed by atoms with Gasteiger partial charge < -0.3 is 15.0 Å². The minimum Gasteiger partial charge on any atom is -0.471 e. The molecule has 0 aliphatic heterocycles. The van der Waals surface area contributed by atoms with Crippen LogP contribution in [0.1, 0.15) is 27.9 Å². The van der Waals surface area contributed by atoms with Crippen molar-refractivity contribution in [1.29, 1.82) is 0 Å². The summed E-state index contributed by atoms with van der Waals surface area (Å²) in [6, 6.07) is 10.9. The molecule has 0 fully saturated rings. The van der Waals surface area contributed by atoms with Gasteiger partial charge in [0.05, 0.1) is 11.9 Å². The summed E-state index contributed by atoms with van der Waals surface area (Å²) in [6.07, 6.45) is 3.12. The Balaban J connectivity index is 1.70. The smallest absolute Gasteiger partial charge is 0.276 e. The van der Waals surface area contributed by atoms with Gasteiger partial charge in [0, 0.05) is 26.8 Å². The normalized spacial score (nSPS) is 10.5. The van der Waals surface area contributed by atoms with E-state index in [1.165, 1.54) is 15.8 Å². The molecule has 146 valence electrons. The number of amides is 2. The third-order valence-electron chi connectivity index (χ3n) is 3.98. The molecule has 0 saturated carbocycles. The molecule has 1 aromatic carbocycles. The number of aryl methyl sites for hydroxylation is 1. The zero-order valence-corrected chi connectivity index (χ0v) is 16.0. The van der Waals surface area contributed by atoms with Gasteiger partial charge in [0.1, 0.15) is 11.4 Å². The maximum atomic E-state index is 12.6. The highest BCUT2D eigenvalue weighted by Crippen LogP contribution is 2.18. The maximum Gasteiger partial charge on any atom is 0.276 e. The Labute approximate surface area is 162 Å². The molecule has 0 spiro atoms. The molecule has 2 amide bonds. The molecule has 2 heterocycles. The van der Waals surface area contributed by atoms with Gasteiger partial charge >= 0.3 is 0 Å². The molecule has 0 radical (unpaired) electrons. The van der Waals surface area contributed by atoms with Gasteiger partial charge in [0.2, 0.25) is 0 Å². The van der Waals surface area contributed by atoms with Crippen LogP contribution in [0.3, 0.4) is 0 Å². The third kappa shape index (κ3) is 4.20. The van der Waals surface area contributed by atoms with Crippen molar-refractivity contribution in [2.45, 2.75) is 20.2 Å². The van der Waals surface area contributed by atoms with Crippen LogP contribution in [-0.4, -0.2) is 50.4 Å². The summed E-state index contributed by atoms with van der Waals surface area (Å²) in [7, 11) is 3.30. The van der Waals surface area contributed by atoms with E-state index in [-0.39, 0.29) is 18.3 Å². The molecule has 3 rings (SSSR count). The number of rotatable bonds is 7. The number of hydrogen-bond acceptors (Lipinski definition) is 5. The van der Waals surface area contributed by atoms with E-state index < -0.39 is 5.91 Å². The molecule has 0 saturated heterocycles. The number of benzene rings is 1. The molecule has 28 heavy (non-hydrogen) atoms. The highest BCUT2D eigenvalue weighted by atomic mass is 16.5. The molecule has 9 heteroatoms. The molecule has 2 aromatic heterocycles. The molecule has 1 N–H and O–H groups in total. The molecule has 9 nitrogen and oxygen atoms in total. The summed E-state index contributed by atoms with van der Waals surface area (Å²) in [4.78, 5) is 26.4. The van der Waals surface area contributed by atoms with Crippen molar-refractivity contribution in [3.63, 3.8) is 0 Å². The van der Waals surface area contributed by atoms with E-state index in [1.807, 2.05) is 37.3 Å². The average Bonchev–Trinajstić information content (AvgIpc) is 3.33. The van der Waals surface area contributed by atoms with Gasteiger partial charge in [-0.2, -0.15) is 10.2 Å². The molecule has 0 atom stereocenters. The van der Waals surface area contributed by atoms with E-state index in [0.29, 0.717) is 23.7 Å². The Kier molecular flexibility index (Phi) is 5.73. The summed E-state index contributed by atoms with van der Waals surface area (Å²) >= 11 is 0. The van der Waals surface area contributed by atoms with E-state index in [0.717, 1.165) is 0 Å². The van der Waals surface area contributed by atoms with Crippen molar-refractivity contribution < 1.29 is 14.3 Å². The molecule has 0 aliphatic rings. The topological polar surface area (TPSA) is 94.3 Å². The SMILES string of the molecule is CCn1ncc(NC(=O)c2ccn(COc3ccccc3)n2)c1C(=O)N(C)C. The van der Waals surface area contributed by atoms with Gasteiger partial charge in [-0.15, -0.1) is 0 Å². The Hall–Kier alpha value is -3.62. The van der Waals surface area contributed by atoms with Crippen molar-refractivity contribution in [2.24, 2.45) is 0 Å². The number of nitrogens with zero attached hydrogens (tertiary/aromatic N) is 5. The highest BCUT2D eigenvalue weighted by molar-refractivity contribution is 6.07. The second-order valence-corrected chi connectivity index (χ2v) is 6.20. The van der Waals surface area contributed by atoms with Crippen molar-refractivity contribution in [3.05, 3.63) is 60.2 Å². The second kappa shape index (κ2) is 8.38. The van der Waals surface area contributed by atoms with Crippen LogP contribution in [-0.2, 0) is 13.3 Å². The minimum atomic E-state index is -0.429. The summed E-state index contributed by atoms with van der Waals surface area (Å²) in [5.74, 6) is 0.0428. The Morgan fingerprint density at radius 3 is 2.61 bits per heavy atom. The van der Waals surface area contributed by atoms with Gasteiger partial charge in [-0.3, -0.25) is 14.3 Å². The van der Waals surface area contributed by atoms with E-state index in [1.54, 1.807) is 31.0 Å². The third-order valence-corrected chi connectivity index (χ3v) is 3.98. The van der Waals surface area contributed by atoms with E-state index in [2.05, 4.69) is 15.5 Å². The summed E-state index contributed by atoms with van der Waals surface area (Å²) in [6.45, 7) is 2.56. The fraction of sp³-hybridized carbons (Fsp3) is 0.263. The summed E-state index contributed by atoms with van der Waals surface area (Å²) < 4.78 is 8.67. The first-order valence-corrected chi connectivity index (χ1v) is 8.79. The number of para-hydroxylation sites is 1. The zero-order chi connectivity index (χ0) is 20.1. The number of carbonyl (C=O) groups is 2. The fourth-order valence-electron chi connectivity index (χ4n) is 2.55. The average molecular weight is 382 g/mol. The molecular weight excluding hydrogens is 360 g/mol. The van der Waals surface area contributed by atoms with Gasteiger partial charge in [-0.25, -0.2) is 4.68 Å². The van der Waals surface area contributed by atoms with Crippen molar-refractivity contribution in [1.82, 2.24) is 24.5 Å². The molecule has 3 aromatic rings. The largest absolute Gasteiger partial charge is 0.471 e. The lowest BCUT2D eigenvalue weighted by Crippen LogP contribution is -2.26. The Morgan fingerprint density at radius 1 is 1.18 bits per heavy atom. The van der Waals surface area contributed by atoms with Gasteiger partial charge in [0.25, 0.3) is 11.8 Å². The standard InChI is InChI=1S/C19H22N6O3/c1-4-25-17(19(27)23(2)3)16(12-20-25)21-18(26)15-10-11-24(22-15)13-28-14-8-6-5-7-9-14/h5-12H,4,13H2,1-3H3,(H,21,26). The second-order valence-electron chi connectivity index (χ2n) is 6.20. The lowest BCUT2D eigenvalue weighted by atomic mass is 10.3. The van der Waals surface area contributed by atoms with Gasteiger partial charge in [-0.05, 0) is 25.1 Å². The van der Waals surface area contributed by atoms with E-state index in [4.69, 9.17) is 4.74 Å². The van der Waals surface area contributed by atoms with Crippen molar-refractivity contribution >= 4 is 17.5 Å². The number of aromatic nitrogens is 4. The predicted octanol–water partition coefficient (Wildman–Crippen LogP) is 2.09. The number of anilines is 1. The van der Waals surface area contributed by atoms with Crippen LogP contribution in [0.2, 0.25) is 0 Å². The van der Waals surface area contributed by atoms with E-state index in [9.17, 15) is 9.59 Å². The summed E-state index contributed by atoms with van der Waals surface area (Å²) in [5, 5.41) is 11.1. The number of ether oxygens (including phenoxy) is 1. The lowest BCUT2D eigenvalue weighted by molar-refractivity contribution is 0.0816. The van der Waals surface area contributed by atoms with Crippen LogP contribution < -0.4 is 10.1 Å². The predicted molar refractivity (Wildman–Crippen MR) is 103 cm³/mol. The molecule has 0 aliphatic carbocycles. The van der Waals surface area contributed by atoms with Crippen LogP contribution in [0.5, 0.6) is 5.75 Å². The van der Waals surface area contributed by atoms with Crippen LogP contribution in [0, 0.1) is 0 Å². The zero-order valence-electron chi connectivity index (χ0n) is 16.0. The highest BCUT2D eigenvalue weighted by Gasteiger charge is 2.22. The van der Waals surface area contributed by atoms with Crippen molar-refractivity contribution in [2.75, 3.05) is 19.4 Å². The first kappa shape index (κ1) is 19.2. The Bertz CT molecular complexity index is 961. The van der Waals surface area contributed by atoms with Crippen LogP contribution in [0.25, 0.3) is 0 Å². The van der Waals surface area contributed by atoms with Gasteiger partial charge in [0.15, 0.2) is 12.4 Å². The first-order valence-electron chi connectivity index (χ1n) is 8.79. The molecule has 0 bridgehead atoms. The van der Waals surface area contributed by atoms with Crippen LogP contribution in [0.15, 0.2) is 48.8 Å². The molecule has 0 unspecified atom stereocenters.